The van der Waals surface area contributed by atoms with Crippen LogP contribution in [0.5, 0.6) is 0 Å². The van der Waals surface area contributed by atoms with E-state index < -0.39 is 5.82 Å². The summed E-state index contributed by atoms with van der Waals surface area (Å²) in [5, 5.41) is 9.02. The van der Waals surface area contributed by atoms with Crippen LogP contribution in [0.15, 0.2) is 42.7 Å². The molecular formula is C19H19FN6OS. The summed E-state index contributed by atoms with van der Waals surface area (Å²) in [6, 6.07) is 8.41. The van der Waals surface area contributed by atoms with E-state index >= 15 is 0 Å². The smallest absolute Gasteiger partial charge is 0.278 e. The highest BCUT2D eigenvalue weighted by molar-refractivity contribution is 7.22. The Kier molecular flexibility index (Phi) is 4.91. The molecular weight excluding hydrogens is 379 g/mol. The highest BCUT2D eigenvalue weighted by Crippen LogP contribution is 2.31. The van der Waals surface area contributed by atoms with Crippen LogP contribution in [0.1, 0.15) is 23.1 Å². The fourth-order valence-corrected chi connectivity index (χ4v) is 4.04. The first-order chi connectivity index (χ1) is 13.6. The van der Waals surface area contributed by atoms with Crippen molar-refractivity contribution in [1.82, 2.24) is 24.5 Å². The van der Waals surface area contributed by atoms with Gasteiger partial charge in [-0.25, -0.2) is 9.37 Å². The largest absolute Gasteiger partial charge is 0.281 e. The van der Waals surface area contributed by atoms with Crippen molar-refractivity contribution in [2.24, 2.45) is 0 Å². The van der Waals surface area contributed by atoms with Gasteiger partial charge in [0.1, 0.15) is 17.0 Å². The Morgan fingerprint density at radius 2 is 2.18 bits per heavy atom. The molecule has 0 bridgehead atoms. The third-order valence-corrected chi connectivity index (χ3v) is 5.41. The lowest BCUT2D eigenvalue weighted by molar-refractivity contribution is 0.0975. The topological polar surface area (TPSA) is 68.8 Å². The number of amides is 1. The molecule has 4 aromatic rings. The van der Waals surface area contributed by atoms with Crippen molar-refractivity contribution in [2.45, 2.75) is 26.9 Å². The van der Waals surface area contributed by atoms with Crippen LogP contribution in [-0.2, 0) is 13.1 Å². The lowest BCUT2D eigenvalue weighted by Gasteiger charge is -2.20. The second-order valence-corrected chi connectivity index (χ2v) is 7.30. The Balaban J connectivity index is 1.73. The van der Waals surface area contributed by atoms with E-state index in [-0.39, 0.29) is 11.4 Å². The van der Waals surface area contributed by atoms with Gasteiger partial charge >= 0.3 is 0 Å². The van der Waals surface area contributed by atoms with Gasteiger partial charge in [0.05, 0.1) is 16.9 Å². The molecule has 1 amide bonds. The van der Waals surface area contributed by atoms with Gasteiger partial charge in [-0.2, -0.15) is 10.2 Å². The number of anilines is 1. The van der Waals surface area contributed by atoms with Crippen molar-refractivity contribution in [1.29, 1.82) is 0 Å². The number of thiazole rings is 1. The van der Waals surface area contributed by atoms with Crippen LogP contribution >= 0.6 is 11.3 Å². The number of aromatic nitrogens is 5. The molecule has 28 heavy (non-hydrogen) atoms. The molecule has 0 unspecified atom stereocenters. The Bertz CT molecular complexity index is 1120. The fourth-order valence-electron chi connectivity index (χ4n) is 3.03. The van der Waals surface area contributed by atoms with Gasteiger partial charge in [0.15, 0.2) is 5.13 Å². The van der Waals surface area contributed by atoms with Gasteiger partial charge in [-0.3, -0.25) is 19.1 Å². The molecule has 144 valence electrons. The quantitative estimate of drug-likeness (QED) is 0.498. The Labute approximate surface area is 165 Å². The van der Waals surface area contributed by atoms with Gasteiger partial charge < -0.3 is 0 Å². The zero-order chi connectivity index (χ0) is 19.7. The molecule has 3 aromatic heterocycles. The van der Waals surface area contributed by atoms with Crippen molar-refractivity contribution in [3.05, 3.63) is 59.9 Å². The number of carbonyl (C=O) groups excluding carboxylic acids is 1. The second-order valence-electron chi connectivity index (χ2n) is 6.30. The van der Waals surface area contributed by atoms with Gasteiger partial charge in [0.2, 0.25) is 0 Å². The number of fused-ring (bicyclic) bond motifs is 1. The SMILES string of the molecule is CCn1nc(C)cc1C(=O)N(CCn1cccn1)c1nc2c(F)cccc2s1. The molecule has 3 heterocycles. The van der Waals surface area contributed by atoms with E-state index in [0.29, 0.717) is 35.2 Å². The summed E-state index contributed by atoms with van der Waals surface area (Å²) in [4.78, 5) is 19.4. The molecule has 0 saturated carbocycles. The second kappa shape index (κ2) is 7.51. The van der Waals surface area contributed by atoms with Crippen LogP contribution in [0, 0.1) is 12.7 Å². The van der Waals surface area contributed by atoms with Crippen molar-refractivity contribution in [3.8, 4) is 0 Å². The van der Waals surface area contributed by atoms with Gasteiger partial charge in [-0.1, -0.05) is 17.4 Å². The number of hydrogen-bond acceptors (Lipinski definition) is 5. The highest BCUT2D eigenvalue weighted by Gasteiger charge is 2.25. The van der Waals surface area contributed by atoms with Crippen molar-refractivity contribution in [3.63, 3.8) is 0 Å². The van der Waals surface area contributed by atoms with E-state index in [1.807, 2.05) is 26.1 Å². The lowest BCUT2D eigenvalue weighted by atomic mass is 10.3. The molecule has 1 aromatic carbocycles. The molecule has 0 N–H and O–H groups in total. The number of aryl methyl sites for hydroxylation is 2. The van der Waals surface area contributed by atoms with Gasteiger partial charge in [-0.05, 0) is 38.1 Å². The summed E-state index contributed by atoms with van der Waals surface area (Å²) in [7, 11) is 0. The summed E-state index contributed by atoms with van der Waals surface area (Å²) in [6.07, 6.45) is 3.52. The number of para-hydroxylation sites is 1. The lowest BCUT2D eigenvalue weighted by Crippen LogP contribution is -2.35. The molecule has 0 atom stereocenters. The first-order valence-electron chi connectivity index (χ1n) is 8.95. The third kappa shape index (κ3) is 3.40. The summed E-state index contributed by atoms with van der Waals surface area (Å²) < 4.78 is 18.3. The van der Waals surface area contributed by atoms with E-state index in [1.54, 1.807) is 38.7 Å². The number of hydrogen-bond donors (Lipinski definition) is 0. The van der Waals surface area contributed by atoms with Gasteiger partial charge in [0.25, 0.3) is 5.91 Å². The first kappa shape index (κ1) is 18.3. The molecule has 0 aliphatic carbocycles. The number of rotatable bonds is 6. The van der Waals surface area contributed by atoms with E-state index in [0.717, 1.165) is 5.69 Å². The summed E-state index contributed by atoms with van der Waals surface area (Å²) in [6.45, 7) is 5.22. The fraction of sp³-hybridized carbons (Fsp3) is 0.263. The predicted octanol–water partition coefficient (Wildman–Crippen LogP) is 3.50. The first-order valence-corrected chi connectivity index (χ1v) is 9.77. The standard InChI is InChI=1S/C19H19FN6OS/c1-3-26-15(12-13(2)23-26)18(27)25(11-10-24-9-5-8-21-24)19-22-17-14(20)6-4-7-16(17)28-19/h4-9,12H,3,10-11H2,1-2H3. The van der Waals surface area contributed by atoms with Gasteiger partial charge in [-0.15, -0.1) is 0 Å². The zero-order valence-corrected chi connectivity index (χ0v) is 16.4. The monoisotopic (exact) mass is 398 g/mol. The van der Waals surface area contributed by atoms with Gasteiger partial charge in [0, 0.05) is 25.5 Å². The molecule has 7 nitrogen and oxygen atoms in total. The average molecular weight is 398 g/mol. The van der Waals surface area contributed by atoms with E-state index in [1.165, 1.54) is 17.4 Å². The van der Waals surface area contributed by atoms with E-state index in [9.17, 15) is 9.18 Å². The maximum absolute atomic E-state index is 14.1. The van der Waals surface area contributed by atoms with E-state index in [2.05, 4.69) is 15.2 Å². The van der Waals surface area contributed by atoms with Crippen LogP contribution in [0.3, 0.4) is 0 Å². The molecule has 0 aliphatic rings. The Hall–Kier alpha value is -3.07. The maximum Gasteiger partial charge on any atom is 0.278 e. The summed E-state index contributed by atoms with van der Waals surface area (Å²) in [5.41, 5.74) is 1.53. The molecule has 0 fully saturated rings. The summed E-state index contributed by atoms with van der Waals surface area (Å²) in [5.74, 6) is -0.608. The number of nitrogens with zero attached hydrogens (tertiary/aromatic N) is 6. The maximum atomic E-state index is 14.1. The average Bonchev–Trinajstić information content (AvgIpc) is 3.41. The normalized spacial score (nSPS) is 11.2. The molecule has 0 aliphatic heterocycles. The third-order valence-electron chi connectivity index (χ3n) is 4.37. The van der Waals surface area contributed by atoms with Crippen molar-refractivity contribution < 1.29 is 9.18 Å². The molecule has 0 spiro atoms. The highest BCUT2D eigenvalue weighted by atomic mass is 32.1. The number of carbonyl (C=O) groups is 1. The van der Waals surface area contributed by atoms with Crippen molar-refractivity contribution >= 4 is 32.6 Å². The van der Waals surface area contributed by atoms with Crippen LogP contribution in [0.25, 0.3) is 10.2 Å². The summed E-state index contributed by atoms with van der Waals surface area (Å²) >= 11 is 1.29. The molecule has 0 radical (unpaired) electrons. The van der Waals surface area contributed by atoms with Crippen LogP contribution < -0.4 is 4.90 Å². The molecule has 4 rings (SSSR count). The van der Waals surface area contributed by atoms with E-state index in [4.69, 9.17) is 0 Å². The van der Waals surface area contributed by atoms with Crippen molar-refractivity contribution in [2.75, 3.05) is 11.4 Å². The number of halogens is 1. The Morgan fingerprint density at radius 3 is 2.89 bits per heavy atom. The van der Waals surface area contributed by atoms with Crippen LogP contribution in [0.2, 0.25) is 0 Å². The minimum atomic E-state index is -0.395. The Morgan fingerprint density at radius 1 is 1.32 bits per heavy atom. The zero-order valence-electron chi connectivity index (χ0n) is 15.5. The minimum Gasteiger partial charge on any atom is -0.281 e. The number of benzene rings is 1. The minimum absolute atomic E-state index is 0.214. The molecule has 0 saturated heterocycles. The molecule has 9 heteroatoms. The predicted molar refractivity (Wildman–Crippen MR) is 106 cm³/mol. The van der Waals surface area contributed by atoms with Crippen LogP contribution in [0.4, 0.5) is 9.52 Å². The van der Waals surface area contributed by atoms with Crippen LogP contribution in [-0.4, -0.2) is 37.0 Å².